The fourth-order valence-corrected chi connectivity index (χ4v) is 3.68. The van der Waals surface area contributed by atoms with Gasteiger partial charge in [0, 0.05) is 23.9 Å². The minimum absolute atomic E-state index is 0.0470. The lowest BCUT2D eigenvalue weighted by molar-refractivity contribution is -0.153. The largest absolute Gasteiger partial charge is 0.507 e. The summed E-state index contributed by atoms with van der Waals surface area (Å²) in [6, 6.07) is 5.58. The topological polar surface area (TPSA) is 142 Å². The van der Waals surface area contributed by atoms with E-state index in [0.717, 1.165) is 10.6 Å². The van der Waals surface area contributed by atoms with Gasteiger partial charge in [-0.15, -0.1) is 0 Å². The summed E-state index contributed by atoms with van der Waals surface area (Å²) in [6.45, 7) is 4.03. The van der Waals surface area contributed by atoms with Crippen LogP contribution in [0.5, 0.6) is 5.75 Å². The first-order chi connectivity index (χ1) is 16.3. The van der Waals surface area contributed by atoms with Crippen LogP contribution in [0.2, 0.25) is 0 Å². The lowest BCUT2D eigenvalue weighted by Crippen LogP contribution is -2.42. The third-order valence-corrected chi connectivity index (χ3v) is 5.35. The number of carbonyl (C=O) groups excluding carboxylic acids is 3. The summed E-state index contributed by atoms with van der Waals surface area (Å²) in [7, 11) is 1.51. The van der Waals surface area contributed by atoms with Gasteiger partial charge in [-0.1, -0.05) is 6.07 Å². The van der Waals surface area contributed by atoms with Gasteiger partial charge in [0.2, 0.25) is 5.91 Å². The number of carbonyl (C=O) groups is 3. The molecule has 0 unspecified atom stereocenters. The summed E-state index contributed by atoms with van der Waals surface area (Å²) < 4.78 is 20.8. The molecule has 1 aliphatic heterocycles. The molecule has 184 valence electrons. The van der Waals surface area contributed by atoms with Crippen molar-refractivity contribution in [2.75, 3.05) is 13.6 Å². The Bertz CT molecular complexity index is 1320. The summed E-state index contributed by atoms with van der Waals surface area (Å²) in [5, 5.41) is 22.0. The SMILES string of the molecule is CN1Cc2c(c(O)c(C(=O)NCC(=O)OC(C)(C)C)c(=O)n2Cc2ccc(C#N)cc2F)CC1=O. The number of fused-ring (bicyclic) bond motifs is 1. The quantitative estimate of drug-likeness (QED) is 0.608. The minimum atomic E-state index is -1.04. The van der Waals surface area contributed by atoms with E-state index in [0.29, 0.717) is 0 Å². The third kappa shape index (κ3) is 5.48. The van der Waals surface area contributed by atoms with Gasteiger partial charge in [-0.3, -0.25) is 19.2 Å². The summed E-state index contributed by atoms with van der Waals surface area (Å²) in [5.41, 5.74) is -1.89. The first kappa shape index (κ1) is 25.4. The van der Waals surface area contributed by atoms with E-state index in [9.17, 15) is 28.7 Å². The highest BCUT2D eigenvalue weighted by molar-refractivity contribution is 5.99. The zero-order valence-corrected chi connectivity index (χ0v) is 19.8. The van der Waals surface area contributed by atoms with Crippen LogP contribution < -0.4 is 10.9 Å². The average molecular weight is 484 g/mol. The van der Waals surface area contributed by atoms with Crippen LogP contribution in [0.3, 0.4) is 0 Å². The number of aromatic hydroxyl groups is 1. The van der Waals surface area contributed by atoms with Gasteiger partial charge in [0.25, 0.3) is 11.5 Å². The number of hydrogen-bond acceptors (Lipinski definition) is 7. The summed E-state index contributed by atoms with van der Waals surface area (Å²) in [5.74, 6) is -3.53. The zero-order valence-electron chi connectivity index (χ0n) is 19.8. The molecule has 1 aromatic heterocycles. The molecular weight excluding hydrogens is 459 g/mol. The highest BCUT2D eigenvalue weighted by Gasteiger charge is 2.32. The highest BCUT2D eigenvalue weighted by atomic mass is 19.1. The standard InChI is InChI=1S/C24H25FN4O6/c1-24(2,3)35-19(31)10-27-22(33)20-21(32)15-8-18(30)28(4)12-17(15)29(23(20)34)11-14-6-5-13(9-26)7-16(14)25/h5-7,32H,8,10-12H2,1-4H3,(H,27,33). The Kier molecular flexibility index (Phi) is 6.96. The maximum Gasteiger partial charge on any atom is 0.325 e. The van der Waals surface area contributed by atoms with Gasteiger partial charge in [0.05, 0.1) is 31.1 Å². The predicted molar refractivity (Wildman–Crippen MR) is 121 cm³/mol. The molecule has 0 saturated carbocycles. The van der Waals surface area contributed by atoms with Crippen LogP contribution in [-0.2, 0) is 33.8 Å². The number of aromatic nitrogens is 1. The van der Waals surface area contributed by atoms with Crippen LogP contribution in [0.15, 0.2) is 23.0 Å². The van der Waals surface area contributed by atoms with Crippen molar-refractivity contribution in [2.24, 2.45) is 0 Å². The monoisotopic (exact) mass is 484 g/mol. The Morgan fingerprint density at radius 3 is 2.57 bits per heavy atom. The molecule has 2 N–H and O–H groups in total. The van der Waals surface area contributed by atoms with Crippen molar-refractivity contribution in [3.05, 3.63) is 62.3 Å². The summed E-state index contributed by atoms with van der Waals surface area (Å²) in [4.78, 5) is 51.8. The van der Waals surface area contributed by atoms with Crippen LogP contribution in [0.1, 0.15) is 53.5 Å². The molecule has 10 nitrogen and oxygen atoms in total. The first-order valence-electron chi connectivity index (χ1n) is 10.7. The molecule has 0 saturated heterocycles. The number of pyridine rings is 1. The van der Waals surface area contributed by atoms with Crippen LogP contribution >= 0.6 is 0 Å². The van der Waals surface area contributed by atoms with Crippen molar-refractivity contribution in [2.45, 2.75) is 45.9 Å². The number of esters is 1. The molecule has 0 radical (unpaired) electrons. The van der Waals surface area contributed by atoms with E-state index in [1.54, 1.807) is 20.8 Å². The number of halogens is 1. The molecule has 1 aliphatic rings. The number of ether oxygens (including phenoxy) is 1. The van der Waals surface area contributed by atoms with E-state index in [4.69, 9.17) is 10.00 Å². The Morgan fingerprint density at radius 1 is 1.29 bits per heavy atom. The van der Waals surface area contributed by atoms with Gasteiger partial charge < -0.3 is 24.6 Å². The smallest absolute Gasteiger partial charge is 0.325 e. The van der Waals surface area contributed by atoms with Crippen LogP contribution in [-0.4, -0.2) is 51.6 Å². The van der Waals surface area contributed by atoms with Gasteiger partial charge in [-0.25, -0.2) is 4.39 Å². The van der Waals surface area contributed by atoms with Crippen LogP contribution in [0.25, 0.3) is 0 Å². The second-order valence-corrected chi connectivity index (χ2v) is 9.15. The van der Waals surface area contributed by atoms with E-state index >= 15 is 0 Å². The molecule has 2 amide bonds. The lowest BCUT2D eigenvalue weighted by atomic mass is 9.99. The molecular formula is C24H25FN4O6. The first-order valence-corrected chi connectivity index (χ1v) is 10.7. The van der Waals surface area contributed by atoms with Crippen molar-refractivity contribution in [1.29, 1.82) is 5.26 Å². The van der Waals surface area contributed by atoms with E-state index in [1.165, 1.54) is 24.1 Å². The van der Waals surface area contributed by atoms with Crippen LogP contribution in [0, 0.1) is 17.1 Å². The second-order valence-electron chi connectivity index (χ2n) is 9.15. The van der Waals surface area contributed by atoms with E-state index in [2.05, 4.69) is 5.32 Å². The Hall–Kier alpha value is -4.20. The molecule has 0 fully saturated rings. The molecule has 35 heavy (non-hydrogen) atoms. The average Bonchev–Trinajstić information content (AvgIpc) is 2.76. The molecule has 0 atom stereocenters. The lowest BCUT2D eigenvalue weighted by Gasteiger charge is -2.29. The fourth-order valence-electron chi connectivity index (χ4n) is 3.68. The van der Waals surface area contributed by atoms with Gasteiger partial charge in [0.15, 0.2) is 0 Å². The van der Waals surface area contributed by atoms with Gasteiger partial charge in [0.1, 0.15) is 29.3 Å². The molecule has 11 heteroatoms. The van der Waals surface area contributed by atoms with Crippen molar-refractivity contribution in [1.82, 2.24) is 14.8 Å². The molecule has 0 aliphatic carbocycles. The van der Waals surface area contributed by atoms with Crippen molar-refractivity contribution in [3.63, 3.8) is 0 Å². The summed E-state index contributed by atoms with van der Waals surface area (Å²) in [6.07, 6.45) is -0.278. The number of nitriles is 1. The van der Waals surface area contributed by atoms with E-state index < -0.39 is 46.7 Å². The number of nitrogens with one attached hydrogen (secondary N) is 1. The summed E-state index contributed by atoms with van der Waals surface area (Å²) >= 11 is 0. The van der Waals surface area contributed by atoms with Crippen molar-refractivity contribution in [3.8, 4) is 11.8 Å². The number of rotatable bonds is 5. The van der Waals surface area contributed by atoms with Crippen molar-refractivity contribution < 1.29 is 28.6 Å². The van der Waals surface area contributed by atoms with Gasteiger partial charge >= 0.3 is 5.97 Å². The molecule has 3 rings (SSSR count). The van der Waals surface area contributed by atoms with E-state index in [1.807, 2.05) is 6.07 Å². The molecule has 1 aromatic carbocycles. The Morgan fingerprint density at radius 2 is 1.97 bits per heavy atom. The second kappa shape index (κ2) is 9.58. The highest BCUT2D eigenvalue weighted by Crippen LogP contribution is 2.29. The molecule has 2 aromatic rings. The minimum Gasteiger partial charge on any atom is -0.507 e. The van der Waals surface area contributed by atoms with Gasteiger partial charge in [-0.2, -0.15) is 5.26 Å². The van der Waals surface area contributed by atoms with Crippen LogP contribution in [0.4, 0.5) is 4.39 Å². The van der Waals surface area contributed by atoms with Crippen molar-refractivity contribution >= 4 is 17.8 Å². The maximum atomic E-state index is 14.6. The molecule has 2 heterocycles. The normalized spacial score (nSPS) is 13.1. The number of hydrogen-bond donors (Lipinski definition) is 2. The number of benzene rings is 1. The molecule has 0 bridgehead atoms. The number of nitrogens with zero attached hydrogens (tertiary/aromatic N) is 3. The Balaban J connectivity index is 2.06. The van der Waals surface area contributed by atoms with E-state index in [-0.39, 0.29) is 47.8 Å². The fraction of sp³-hybridized carbons (Fsp3) is 0.375. The Labute approximate surface area is 200 Å². The van der Waals surface area contributed by atoms with Gasteiger partial charge in [-0.05, 0) is 32.9 Å². The predicted octanol–water partition coefficient (Wildman–Crippen LogP) is 1.20. The zero-order chi connectivity index (χ0) is 26.1. The number of amides is 2. The maximum absolute atomic E-state index is 14.6. The molecule has 0 spiro atoms. The number of likely N-dealkylation sites (N-methyl/N-ethyl adjacent to an activating group) is 1. The third-order valence-electron chi connectivity index (χ3n) is 5.35.